The summed E-state index contributed by atoms with van der Waals surface area (Å²) in [6, 6.07) is 0. The van der Waals surface area contributed by atoms with Crippen LogP contribution in [0.2, 0.25) is 0 Å². The molecule has 0 aliphatic rings. The van der Waals surface area contributed by atoms with Crippen LogP contribution in [0.15, 0.2) is 15.3 Å². The summed E-state index contributed by atoms with van der Waals surface area (Å²) in [6.45, 7) is 5.09. The van der Waals surface area contributed by atoms with Gasteiger partial charge in [-0.2, -0.15) is 5.11 Å². The smallest absolute Gasteiger partial charge is 0.0509 e. The Morgan fingerprint density at radius 1 is 1.40 bits per heavy atom. The molecule has 0 aromatic carbocycles. The molecule has 0 unspecified atom stereocenters. The monoisotopic (exact) mass is 142 g/mol. The van der Waals surface area contributed by atoms with Gasteiger partial charge in [0.2, 0.25) is 0 Å². The normalized spacial score (nSPS) is 10.1. The largest absolute Gasteiger partial charge is 0.301 e. The molecule has 0 aliphatic carbocycles. The van der Waals surface area contributed by atoms with E-state index in [1.165, 1.54) is 0 Å². The second-order valence-corrected chi connectivity index (χ2v) is 1.86. The summed E-state index contributed by atoms with van der Waals surface area (Å²) in [5.41, 5.74) is 2.79. The fourth-order valence-electron chi connectivity index (χ4n) is 0.548. The van der Waals surface area contributed by atoms with Crippen molar-refractivity contribution in [2.45, 2.75) is 12.8 Å². The number of nitrogens with zero attached hydrogens (tertiary/aromatic N) is 3. The first-order valence-electron chi connectivity index (χ1n) is 3.36. The fourth-order valence-corrected chi connectivity index (χ4v) is 0.548. The maximum absolute atomic E-state index is 3.72. The summed E-state index contributed by atoms with van der Waals surface area (Å²) >= 11 is 0. The summed E-state index contributed by atoms with van der Waals surface area (Å²) < 4.78 is 0. The molecule has 4 nitrogen and oxygen atoms in total. The number of hydrogen-bond acceptors (Lipinski definition) is 3. The lowest BCUT2D eigenvalue weighted by Gasteiger charge is -1.95. The van der Waals surface area contributed by atoms with Crippen LogP contribution in [0.4, 0.5) is 0 Å². The van der Waals surface area contributed by atoms with Gasteiger partial charge in [-0.25, -0.2) is 0 Å². The minimum Gasteiger partial charge on any atom is -0.301 e. The maximum Gasteiger partial charge on any atom is 0.0509 e. The summed E-state index contributed by atoms with van der Waals surface area (Å²) in [7, 11) is 1.64. The SMILES string of the molecule is C=NCCCCNN=NC. The molecule has 0 aromatic heterocycles. The molecule has 0 rings (SSSR count). The molecule has 0 fully saturated rings. The quantitative estimate of drug-likeness (QED) is 0.256. The van der Waals surface area contributed by atoms with Gasteiger partial charge in [0.05, 0.1) is 7.05 Å². The standard InChI is InChI=1S/C6H14N4/c1-7-5-3-4-6-9-10-8-2/h1,3-6H2,2H3,(H,8,9). The van der Waals surface area contributed by atoms with Crippen LogP contribution < -0.4 is 5.43 Å². The van der Waals surface area contributed by atoms with Gasteiger partial charge in [-0.1, -0.05) is 5.22 Å². The van der Waals surface area contributed by atoms with Crippen molar-refractivity contribution in [2.24, 2.45) is 15.3 Å². The zero-order valence-corrected chi connectivity index (χ0v) is 6.38. The van der Waals surface area contributed by atoms with E-state index >= 15 is 0 Å². The van der Waals surface area contributed by atoms with Crippen molar-refractivity contribution >= 4 is 6.72 Å². The molecule has 0 radical (unpaired) electrons. The molecule has 4 heteroatoms. The van der Waals surface area contributed by atoms with Crippen LogP contribution in [-0.2, 0) is 0 Å². The molecule has 0 amide bonds. The molecule has 0 aromatic rings. The number of aliphatic imine (C=N–C) groups is 1. The molecule has 0 heterocycles. The first-order valence-corrected chi connectivity index (χ1v) is 3.36. The topological polar surface area (TPSA) is 49.1 Å². The highest BCUT2D eigenvalue weighted by atomic mass is 15.4. The number of unbranched alkanes of at least 4 members (excludes halogenated alkanes) is 1. The second kappa shape index (κ2) is 8.07. The predicted octanol–water partition coefficient (Wildman–Crippen LogP) is 1.05. The third-order valence-corrected chi connectivity index (χ3v) is 1.03. The van der Waals surface area contributed by atoms with E-state index < -0.39 is 0 Å². The van der Waals surface area contributed by atoms with Gasteiger partial charge in [-0.3, -0.25) is 5.43 Å². The lowest BCUT2D eigenvalue weighted by Crippen LogP contribution is -2.06. The molecule has 10 heavy (non-hydrogen) atoms. The Bertz CT molecular complexity index is 99.9. The number of nitrogens with one attached hydrogen (secondary N) is 1. The molecular formula is C6H14N4. The zero-order valence-electron chi connectivity index (χ0n) is 6.38. The first kappa shape index (κ1) is 9.07. The van der Waals surface area contributed by atoms with Crippen molar-refractivity contribution in [1.82, 2.24) is 5.43 Å². The second-order valence-electron chi connectivity index (χ2n) is 1.86. The van der Waals surface area contributed by atoms with Gasteiger partial charge >= 0.3 is 0 Å². The van der Waals surface area contributed by atoms with Crippen LogP contribution in [0.1, 0.15) is 12.8 Å². The van der Waals surface area contributed by atoms with Crippen molar-refractivity contribution in [3.63, 3.8) is 0 Å². The average molecular weight is 142 g/mol. The van der Waals surface area contributed by atoms with Crippen LogP contribution >= 0.6 is 0 Å². The van der Waals surface area contributed by atoms with E-state index in [1.807, 2.05) is 0 Å². The van der Waals surface area contributed by atoms with Gasteiger partial charge in [-0.15, -0.1) is 0 Å². The van der Waals surface area contributed by atoms with Gasteiger partial charge in [-0.05, 0) is 19.6 Å². The Morgan fingerprint density at radius 3 is 2.80 bits per heavy atom. The first-order chi connectivity index (χ1) is 4.91. The highest BCUT2D eigenvalue weighted by Crippen LogP contribution is 1.85. The van der Waals surface area contributed by atoms with E-state index in [1.54, 1.807) is 7.05 Å². The number of rotatable bonds is 6. The molecule has 0 atom stereocenters. The highest BCUT2D eigenvalue weighted by Gasteiger charge is 1.83. The van der Waals surface area contributed by atoms with E-state index in [0.29, 0.717) is 0 Å². The molecule has 0 saturated carbocycles. The molecule has 0 bridgehead atoms. The zero-order chi connectivity index (χ0) is 7.66. The van der Waals surface area contributed by atoms with Crippen LogP contribution in [0.25, 0.3) is 0 Å². The van der Waals surface area contributed by atoms with Crippen molar-refractivity contribution in [1.29, 1.82) is 0 Å². The Hall–Kier alpha value is -0.930. The van der Waals surface area contributed by atoms with Gasteiger partial charge in [0.15, 0.2) is 0 Å². The van der Waals surface area contributed by atoms with E-state index in [4.69, 9.17) is 0 Å². The molecule has 1 N–H and O–H groups in total. The van der Waals surface area contributed by atoms with E-state index in [0.717, 1.165) is 25.9 Å². The van der Waals surface area contributed by atoms with Gasteiger partial charge < -0.3 is 4.99 Å². The van der Waals surface area contributed by atoms with Crippen LogP contribution in [0.3, 0.4) is 0 Å². The highest BCUT2D eigenvalue weighted by molar-refractivity contribution is 5.22. The Balaban J connectivity index is 2.83. The molecule has 0 saturated heterocycles. The molecule has 0 aliphatic heterocycles. The van der Waals surface area contributed by atoms with Gasteiger partial charge in [0, 0.05) is 13.1 Å². The number of hydrogen-bond donors (Lipinski definition) is 1. The van der Waals surface area contributed by atoms with Crippen molar-refractivity contribution in [3.05, 3.63) is 0 Å². The fraction of sp³-hybridized carbons (Fsp3) is 0.833. The van der Waals surface area contributed by atoms with Crippen molar-refractivity contribution in [3.8, 4) is 0 Å². The Kier molecular flexibility index (Phi) is 7.32. The minimum atomic E-state index is 0.838. The van der Waals surface area contributed by atoms with Crippen LogP contribution in [0.5, 0.6) is 0 Å². The van der Waals surface area contributed by atoms with E-state index in [9.17, 15) is 0 Å². The third-order valence-electron chi connectivity index (χ3n) is 1.03. The lowest BCUT2D eigenvalue weighted by atomic mass is 10.3. The summed E-state index contributed by atoms with van der Waals surface area (Å²) in [4.78, 5) is 3.72. The van der Waals surface area contributed by atoms with Crippen LogP contribution in [-0.4, -0.2) is 26.9 Å². The lowest BCUT2D eigenvalue weighted by molar-refractivity contribution is 0.627. The van der Waals surface area contributed by atoms with Crippen molar-refractivity contribution < 1.29 is 0 Å². The molecular weight excluding hydrogens is 128 g/mol. The minimum absolute atomic E-state index is 0.838. The van der Waals surface area contributed by atoms with Gasteiger partial charge in [0.25, 0.3) is 0 Å². The van der Waals surface area contributed by atoms with Gasteiger partial charge in [0.1, 0.15) is 0 Å². The summed E-state index contributed by atoms with van der Waals surface area (Å²) in [5, 5.41) is 7.13. The molecule has 58 valence electrons. The summed E-state index contributed by atoms with van der Waals surface area (Å²) in [5.74, 6) is 0. The predicted molar refractivity (Wildman–Crippen MR) is 42.4 cm³/mol. The third kappa shape index (κ3) is 7.07. The molecule has 0 spiro atoms. The Morgan fingerprint density at radius 2 is 2.20 bits per heavy atom. The van der Waals surface area contributed by atoms with E-state index in [-0.39, 0.29) is 0 Å². The van der Waals surface area contributed by atoms with Crippen LogP contribution in [0, 0.1) is 0 Å². The average Bonchev–Trinajstić information content (AvgIpc) is 1.97. The Labute approximate surface area is 61.4 Å². The van der Waals surface area contributed by atoms with E-state index in [2.05, 4.69) is 27.5 Å². The van der Waals surface area contributed by atoms with Crippen molar-refractivity contribution in [2.75, 3.05) is 20.1 Å². The summed E-state index contributed by atoms with van der Waals surface area (Å²) in [6.07, 6.45) is 2.13. The maximum atomic E-state index is 3.72.